The normalized spacial score (nSPS) is 24.3. The summed E-state index contributed by atoms with van der Waals surface area (Å²) in [4.78, 5) is 17.8. The minimum Gasteiger partial charge on any atom is -0.384 e. The van der Waals surface area contributed by atoms with Crippen LogP contribution in [0.2, 0.25) is 5.02 Å². The van der Waals surface area contributed by atoms with E-state index < -0.39 is 55.9 Å². The Morgan fingerprint density at radius 1 is 1.02 bits per heavy atom. The molecule has 1 unspecified atom stereocenters. The van der Waals surface area contributed by atoms with Gasteiger partial charge in [-0.3, -0.25) is 4.79 Å². The van der Waals surface area contributed by atoms with Crippen molar-refractivity contribution in [3.63, 3.8) is 0 Å². The van der Waals surface area contributed by atoms with Crippen LogP contribution in [0.25, 0.3) is 0 Å². The highest BCUT2D eigenvalue weighted by Crippen LogP contribution is 2.51. The number of oxime groups is 1. The lowest BCUT2D eigenvalue weighted by Gasteiger charge is -2.38. The fourth-order valence-electron chi connectivity index (χ4n) is 5.69. The molecule has 7 nitrogen and oxygen atoms in total. The van der Waals surface area contributed by atoms with Crippen molar-refractivity contribution < 1.29 is 36.3 Å². The number of nitrogens with zero attached hydrogens (tertiary/aromatic N) is 1. The molecule has 3 aromatic rings. The third-order valence-corrected chi connectivity index (χ3v) is 10.2. The van der Waals surface area contributed by atoms with E-state index in [1.807, 2.05) is 6.07 Å². The minimum absolute atomic E-state index is 0.0894. The van der Waals surface area contributed by atoms with E-state index >= 15 is 0 Å². The SMILES string of the molecule is O=C(Nc1cc(F)c(F)c(F)c1)c1ccc(Cl)c(S(=O)(=O)[C@H]2C3CC[C@H]2C[C@](O)(/C=N/Oc2ccccc2)C3)c1. The van der Waals surface area contributed by atoms with Crippen LogP contribution in [0, 0.1) is 29.3 Å². The molecule has 210 valence electrons. The second kappa shape index (κ2) is 10.9. The summed E-state index contributed by atoms with van der Waals surface area (Å²) in [6, 6.07) is 13.7. The molecule has 2 aliphatic rings. The van der Waals surface area contributed by atoms with E-state index in [0.717, 1.165) is 6.07 Å². The number of benzene rings is 3. The van der Waals surface area contributed by atoms with E-state index in [-0.39, 0.29) is 34.0 Å². The lowest BCUT2D eigenvalue weighted by atomic mass is 9.78. The summed E-state index contributed by atoms with van der Waals surface area (Å²) in [7, 11) is -4.06. The Kier molecular flexibility index (Phi) is 7.64. The number of amides is 1. The fourth-order valence-corrected chi connectivity index (χ4v) is 8.53. The zero-order chi connectivity index (χ0) is 28.7. The quantitative estimate of drug-likeness (QED) is 0.206. The van der Waals surface area contributed by atoms with Crippen LogP contribution in [-0.2, 0) is 9.84 Å². The van der Waals surface area contributed by atoms with Crippen LogP contribution >= 0.6 is 11.6 Å². The number of hydrogen-bond acceptors (Lipinski definition) is 6. The highest BCUT2D eigenvalue weighted by Gasteiger charge is 2.54. The summed E-state index contributed by atoms with van der Waals surface area (Å²) in [6.07, 6.45) is 2.75. The molecule has 1 amide bonds. The first kappa shape index (κ1) is 28.1. The predicted octanol–water partition coefficient (Wildman–Crippen LogP) is 5.77. The molecule has 3 aromatic carbocycles. The van der Waals surface area contributed by atoms with Gasteiger partial charge in [0.05, 0.1) is 21.4 Å². The van der Waals surface area contributed by atoms with Gasteiger partial charge in [-0.05, 0) is 67.9 Å². The number of sulfone groups is 1. The number of rotatable bonds is 7. The zero-order valence-corrected chi connectivity index (χ0v) is 22.4. The molecule has 5 rings (SSSR count). The average Bonchev–Trinajstić information content (AvgIpc) is 3.21. The van der Waals surface area contributed by atoms with Gasteiger partial charge in [0, 0.05) is 23.4 Å². The molecule has 0 heterocycles. The van der Waals surface area contributed by atoms with E-state index in [0.29, 0.717) is 30.7 Å². The van der Waals surface area contributed by atoms with Crippen LogP contribution < -0.4 is 10.2 Å². The van der Waals surface area contributed by atoms with E-state index in [2.05, 4.69) is 10.5 Å². The summed E-state index contributed by atoms with van der Waals surface area (Å²) in [6.45, 7) is 0. The van der Waals surface area contributed by atoms with E-state index in [1.54, 1.807) is 24.3 Å². The number of fused-ring (bicyclic) bond motifs is 2. The van der Waals surface area contributed by atoms with Gasteiger partial charge < -0.3 is 15.3 Å². The molecule has 0 aromatic heterocycles. The molecule has 2 aliphatic carbocycles. The van der Waals surface area contributed by atoms with Gasteiger partial charge in [0.25, 0.3) is 5.91 Å². The lowest BCUT2D eigenvalue weighted by Crippen LogP contribution is -2.47. The van der Waals surface area contributed by atoms with Crippen LogP contribution in [0.15, 0.2) is 70.7 Å². The monoisotopic (exact) mass is 592 g/mol. The number of carbonyl (C=O) groups excluding carboxylic acids is 1. The second-order valence-electron chi connectivity index (χ2n) is 10.1. The Morgan fingerprint density at radius 3 is 2.27 bits per heavy atom. The Bertz CT molecular complexity index is 1550. The third kappa shape index (κ3) is 5.59. The second-order valence-corrected chi connectivity index (χ2v) is 12.6. The van der Waals surface area contributed by atoms with Gasteiger partial charge in [0.1, 0.15) is 5.60 Å². The van der Waals surface area contributed by atoms with Crippen LogP contribution in [-0.4, -0.2) is 36.5 Å². The summed E-state index contributed by atoms with van der Waals surface area (Å²) >= 11 is 6.28. The van der Waals surface area contributed by atoms with Gasteiger partial charge in [-0.2, -0.15) is 0 Å². The average molecular weight is 593 g/mol. The minimum atomic E-state index is -4.06. The molecule has 0 radical (unpaired) electrons. The summed E-state index contributed by atoms with van der Waals surface area (Å²) < 4.78 is 68.0. The molecule has 0 aliphatic heterocycles. The van der Waals surface area contributed by atoms with Crippen LogP contribution in [0.4, 0.5) is 18.9 Å². The van der Waals surface area contributed by atoms with E-state index in [4.69, 9.17) is 16.4 Å². The van der Waals surface area contributed by atoms with Crippen molar-refractivity contribution in [2.45, 2.75) is 41.4 Å². The molecule has 0 spiro atoms. The molecule has 2 N–H and O–H groups in total. The summed E-state index contributed by atoms with van der Waals surface area (Å²) in [5.41, 5.74) is -1.82. The van der Waals surface area contributed by atoms with Crippen LogP contribution in [0.3, 0.4) is 0 Å². The first-order chi connectivity index (χ1) is 19.0. The fraction of sp³-hybridized carbons (Fsp3) is 0.286. The number of hydrogen-bond donors (Lipinski definition) is 2. The molecular formula is C28H24ClF3N2O5S. The van der Waals surface area contributed by atoms with Gasteiger partial charge in [-0.1, -0.05) is 35.0 Å². The number of anilines is 1. The van der Waals surface area contributed by atoms with Gasteiger partial charge in [-0.25, -0.2) is 21.6 Å². The molecule has 2 saturated carbocycles. The predicted molar refractivity (Wildman–Crippen MR) is 143 cm³/mol. The Morgan fingerprint density at radius 2 is 1.65 bits per heavy atom. The standard InChI is InChI=1S/C28H24ClF3N2O5S/c29-21-9-8-16(27(35)34-19-11-22(30)25(32)23(31)12-19)10-24(21)40(37,38)26-17-6-7-18(26)14-28(36,13-17)15-33-39-20-4-2-1-3-5-20/h1-5,8-12,15,17-18,26,36H,6-7,13-14H2,(H,34,35)/b33-15+/t17-,18?,26+,28+/m0/s1. The van der Waals surface area contributed by atoms with Crippen molar-refractivity contribution >= 4 is 39.2 Å². The maximum Gasteiger partial charge on any atom is 0.255 e. The van der Waals surface area contributed by atoms with E-state index in [9.17, 15) is 31.5 Å². The van der Waals surface area contributed by atoms with Crippen LogP contribution in [0.5, 0.6) is 5.75 Å². The highest BCUT2D eigenvalue weighted by molar-refractivity contribution is 7.92. The van der Waals surface area contributed by atoms with Crippen molar-refractivity contribution in [3.05, 3.63) is 88.7 Å². The Labute approximate surface area is 233 Å². The van der Waals surface area contributed by atoms with Gasteiger partial charge in [-0.15, -0.1) is 0 Å². The number of aliphatic hydroxyl groups is 1. The molecule has 2 fully saturated rings. The molecule has 12 heteroatoms. The Hall–Kier alpha value is -3.41. The summed E-state index contributed by atoms with van der Waals surface area (Å²) in [5, 5.41) is 16.4. The van der Waals surface area contributed by atoms with Gasteiger partial charge >= 0.3 is 0 Å². The van der Waals surface area contributed by atoms with Gasteiger partial charge in [0.15, 0.2) is 33.0 Å². The number of para-hydroxylation sites is 1. The highest BCUT2D eigenvalue weighted by atomic mass is 35.5. The molecule has 4 atom stereocenters. The zero-order valence-electron chi connectivity index (χ0n) is 20.9. The van der Waals surface area contributed by atoms with Gasteiger partial charge in [0.2, 0.25) is 0 Å². The van der Waals surface area contributed by atoms with Crippen molar-refractivity contribution in [1.29, 1.82) is 0 Å². The van der Waals surface area contributed by atoms with E-state index in [1.165, 1.54) is 18.3 Å². The van der Waals surface area contributed by atoms with Crippen LogP contribution in [0.1, 0.15) is 36.0 Å². The van der Waals surface area contributed by atoms with Crippen molar-refractivity contribution in [3.8, 4) is 5.75 Å². The summed E-state index contributed by atoms with van der Waals surface area (Å²) in [5.74, 6) is -5.81. The number of carbonyl (C=O) groups is 1. The Balaban J connectivity index is 1.35. The van der Waals surface area contributed by atoms with Crippen molar-refractivity contribution in [2.24, 2.45) is 17.0 Å². The number of halogens is 4. The maximum absolute atomic E-state index is 13.8. The van der Waals surface area contributed by atoms with Crippen molar-refractivity contribution in [1.82, 2.24) is 0 Å². The molecular weight excluding hydrogens is 569 g/mol. The topological polar surface area (TPSA) is 105 Å². The first-order valence-corrected chi connectivity index (χ1v) is 14.4. The molecule has 40 heavy (non-hydrogen) atoms. The smallest absolute Gasteiger partial charge is 0.255 e. The maximum atomic E-state index is 13.8. The third-order valence-electron chi connectivity index (χ3n) is 7.36. The molecule has 2 bridgehead atoms. The number of nitrogens with one attached hydrogen (secondary N) is 1. The lowest BCUT2D eigenvalue weighted by molar-refractivity contribution is 0.0458. The first-order valence-electron chi connectivity index (χ1n) is 12.5. The van der Waals surface area contributed by atoms with Crippen molar-refractivity contribution in [2.75, 3.05) is 5.32 Å². The largest absolute Gasteiger partial charge is 0.384 e. The molecule has 0 saturated heterocycles.